The summed E-state index contributed by atoms with van der Waals surface area (Å²) < 4.78 is 9.83. The second-order valence-corrected chi connectivity index (χ2v) is 3.36. The van der Waals surface area contributed by atoms with Crippen LogP contribution in [0.5, 0.6) is 5.75 Å². The van der Waals surface area contributed by atoms with Gasteiger partial charge in [0.1, 0.15) is 5.75 Å². The van der Waals surface area contributed by atoms with Crippen LogP contribution in [0.1, 0.15) is 12.5 Å². The number of benzene rings is 1. The predicted octanol–water partition coefficient (Wildman–Crippen LogP) is 2.45. The van der Waals surface area contributed by atoms with Gasteiger partial charge in [0.15, 0.2) is 0 Å². The van der Waals surface area contributed by atoms with Gasteiger partial charge in [0.25, 0.3) is 0 Å². The van der Waals surface area contributed by atoms with E-state index in [2.05, 4.69) is 0 Å². The van der Waals surface area contributed by atoms with Crippen molar-refractivity contribution in [1.82, 2.24) is 0 Å². The summed E-state index contributed by atoms with van der Waals surface area (Å²) in [6.45, 7) is 2.17. The number of hydrogen-bond acceptors (Lipinski definition) is 3. The zero-order valence-corrected chi connectivity index (χ0v) is 9.50. The topological polar surface area (TPSA) is 35.5 Å². The third-order valence-corrected chi connectivity index (χ3v) is 2.17. The molecule has 15 heavy (non-hydrogen) atoms. The lowest BCUT2D eigenvalue weighted by molar-refractivity contribution is -0.142. The molecule has 0 aliphatic heterocycles. The Morgan fingerprint density at radius 3 is 2.73 bits per heavy atom. The standard InChI is InChI=1S/C11H13ClO3/c1-3-15-11(13)7-8-4-5-10(14-2)9(12)6-8/h4-6H,3,7H2,1-2H3. The molecule has 0 aliphatic rings. The number of methoxy groups -OCH3 is 1. The van der Waals surface area contributed by atoms with E-state index in [0.29, 0.717) is 17.4 Å². The summed E-state index contributed by atoms with van der Waals surface area (Å²) >= 11 is 5.91. The van der Waals surface area contributed by atoms with Gasteiger partial charge >= 0.3 is 5.97 Å². The zero-order valence-electron chi connectivity index (χ0n) is 8.75. The first-order chi connectivity index (χ1) is 7.17. The number of ether oxygens (including phenoxy) is 2. The lowest BCUT2D eigenvalue weighted by Crippen LogP contribution is -2.07. The largest absolute Gasteiger partial charge is 0.495 e. The third kappa shape index (κ3) is 3.44. The van der Waals surface area contributed by atoms with Gasteiger partial charge in [-0.05, 0) is 24.6 Å². The predicted molar refractivity (Wildman–Crippen MR) is 58.3 cm³/mol. The average molecular weight is 229 g/mol. The van der Waals surface area contributed by atoms with Gasteiger partial charge in [-0.25, -0.2) is 0 Å². The molecule has 82 valence electrons. The van der Waals surface area contributed by atoms with Gasteiger partial charge in [-0.2, -0.15) is 0 Å². The maximum atomic E-state index is 11.2. The first kappa shape index (κ1) is 11.9. The summed E-state index contributed by atoms with van der Waals surface area (Å²) in [6, 6.07) is 5.23. The van der Waals surface area contributed by atoms with E-state index in [-0.39, 0.29) is 12.4 Å². The Hall–Kier alpha value is -1.22. The quantitative estimate of drug-likeness (QED) is 0.743. The van der Waals surface area contributed by atoms with Crippen LogP contribution in [0.3, 0.4) is 0 Å². The lowest BCUT2D eigenvalue weighted by Gasteiger charge is -2.05. The summed E-state index contributed by atoms with van der Waals surface area (Å²) in [5, 5.41) is 0.499. The third-order valence-electron chi connectivity index (χ3n) is 1.87. The van der Waals surface area contributed by atoms with Crippen molar-refractivity contribution in [3.05, 3.63) is 28.8 Å². The Morgan fingerprint density at radius 2 is 2.20 bits per heavy atom. The molecule has 1 aromatic rings. The Kier molecular flexibility index (Phi) is 4.43. The fraction of sp³-hybridized carbons (Fsp3) is 0.364. The Bertz CT molecular complexity index is 350. The van der Waals surface area contributed by atoms with Crippen LogP contribution in [0.15, 0.2) is 18.2 Å². The van der Waals surface area contributed by atoms with E-state index in [9.17, 15) is 4.79 Å². The van der Waals surface area contributed by atoms with Crippen LogP contribution in [0.4, 0.5) is 0 Å². The Balaban J connectivity index is 2.71. The number of carbonyl (C=O) groups excluding carboxylic acids is 1. The first-order valence-corrected chi connectivity index (χ1v) is 5.03. The van der Waals surface area contributed by atoms with Gasteiger partial charge in [-0.15, -0.1) is 0 Å². The molecule has 0 spiro atoms. The van der Waals surface area contributed by atoms with E-state index in [4.69, 9.17) is 21.1 Å². The van der Waals surface area contributed by atoms with Gasteiger partial charge in [-0.1, -0.05) is 17.7 Å². The Labute approximate surface area is 93.9 Å². The van der Waals surface area contributed by atoms with Gasteiger partial charge in [0.2, 0.25) is 0 Å². The number of hydrogen-bond donors (Lipinski definition) is 0. The molecule has 0 unspecified atom stereocenters. The van der Waals surface area contributed by atoms with Crippen molar-refractivity contribution < 1.29 is 14.3 Å². The fourth-order valence-electron chi connectivity index (χ4n) is 1.20. The molecule has 0 aromatic heterocycles. The summed E-state index contributed by atoms with van der Waals surface area (Å²) in [5.41, 5.74) is 0.819. The van der Waals surface area contributed by atoms with E-state index in [1.54, 1.807) is 32.2 Å². The average Bonchev–Trinajstić information content (AvgIpc) is 2.18. The summed E-state index contributed by atoms with van der Waals surface area (Å²) in [7, 11) is 1.55. The minimum Gasteiger partial charge on any atom is -0.495 e. The molecule has 0 saturated carbocycles. The van der Waals surface area contributed by atoms with Crippen LogP contribution in [0.25, 0.3) is 0 Å². The molecule has 0 heterocycles. The van der Waals surface area contributed by atoms with Crippen LogP contribution in [0.2, 0.25) is 5.02 Å². The van der Waals surface area contributed by atoms with Gasteiger partial charge in [0, 0.05) is 0 Å². The Morgan fingerprint density at radius 1 is 1.47 bits per heavy atom. The van der Waals surface area contributed by atoms with Crippen molar-refractivity contribution in [1.29, 1.82) is 0 Å². The molecule has 0 amide bonds. The van der Waals surface area contributed by atoms with E-state index >= 15 is 0 Å². The molecule has 0 bridgehead atoms. The number of rotatable bonds is 4. The monoisotopic (exact) mass is 228 g/mol. The number of esters is 1. The van der Waals surface area contributed by atoms with Crippen LogP contribution >= 0.6 is 11.6 Å². The van der Waals surface area contributed by atoms with Crippen molar-refractivity contribution in [3.63, 3.8) is 0 Å². The minimum atomic E-state index is -0.251. The molecule has 0 saturated heterocycles. The minimum absolute atomic E-state index is 0.234. The molecule has 0 N–H and O–H groups in total. The highest BCUT2D eigenvalue weighted by Gasteiger charge is 2.06. The molecule has 1 rings (SSSR count). The van der Waals surface area contributed by atoms with Crippen LogP contribution < -0.4 is 4.74 Å². The highest BCUT2D eigenvalue weighted by Crippen LogP contribution is 2.25. The van der Waals surface area contributed by atoms with E-state index in [1.807, 2.05) is 0 Å². The molecule has 0 aliphatic carbocycles. The summed E-state index contributed by atoms with van der Waals surface area (Å²) in [4.78, 5) is 11.2. The summed E-state index contributed by atoms with van der Waals surface area (Å²) in [6.07, 6.45) is 0.234. The van der Waals surface area contributed by atoms with Gasteiger partial charge in [-0.3, -0.25) is 4.79 Å². The zero-order chi connectivity index (χ0) is 11.3. The van der Waals surface area contributed by atoms with Crippen molar-refractivity contribution in [2.75, 3.05) is 13.7 Å². The SMILES string of the molecule is CCOC(=O)Cc1ccc(OC)c(Cl)c1. The maximum absolute atomic E-state index is 11.2. The highest BCUT2D eigenvalue weighted by molar-refractivity contribution is 6.32. The molecule has 4 heteroatoms. The highest BCUT2D eigenvalue weighted by atomic mass is 35.5. The normalized spacial score (nSPS) is 9.80. The van der Waals surface area contributed by atoms with Crippen molar-refractivity contribution in [2.24, 2.45) is 0 Å². The van der Waals surface area contributed by atoms with Crippen LogP contribution in [0, 0.1) is 0 Å². The molecule has 0 fully saturated rings. The molecular weight excluding hydrogens is 216 g/mol. The van der Waals surface area contributed by atoms with Crippen molar-refractivity contribution in [3.8, 4) is 5.75 Å². The summed E-state index contributed by atoms with van der Waals surface area (Å²) in [5.74, 6) is 0.350. The van der Waals surface area contributed by atoms with E-state index in [0.717, 1.165) is 5.56 Å². The second kappa shape index (κ2) is 5.61. The second-order valence-electron chi connectivity index (χ2n) is 2.95. The van der Waals surface area contributed by atoms with Crippen LogP contribution in [-0.2, 0) is 16.0 Å². The fourth-order valence-corrected chi connectivity index (χ4v) is 1.48. The van der Waals surface area contributed by atoms with Gasteiger partial charge < -0.3 is 9.47 Å². The van der Waals surface area contributed by atoms with Crippen molar-refractivity contribution >= 4 is 17.6 Å². The molecule has 1 aromatic carbocycles. The smallest absolute Gasteiger partial charge is 0.310 e. The van der Waals surface area contributed by atoms with E-state index in [1.165, 1.54) is 0 Å². The molecule has 0 radical (unpaired) electrons. The lowest BCUT2D eigenvalue weighted by atomic mass is 10.1. The number of carbonyl (C=O) groups is 1. The molecule has 3 nitrogen and oxygen atoms in total. The maximum Gasteiger partial charge on any atom is 0.310 e. The molecule has 0 atom stereocenters. The first-order valence-electron chi connectivity index (χ1n) is 4.65. The van der Waals surface area contributed by atoms with Crippen LogP contribution in [-0.4, -0.2) is 19.7 Å². The van der Waals surface area contributed by atoms with Crippen molar-refractivity contribution in [2.45, 2.75) is 13.3 Å². The van der Waals surface area contributed by atoms with E-state index < -0.39 is 0 Å². The molecular formula is C11H13ClO3. The number of halogens is 1. The van der Waals surface area contributed by atoms with Gasteiger partial charge in [0.05, 0.1) is 25.2 Å².